The van der Waals surface area contributed by atoms with Crippen LogP contribution in [0.5, 0.6) is 0 Å². The molecule has 2 rings (SSSR count). The molecule has 1 aliphatic rings. The van der Waals surface area contributed by atoms with Crippen LogP contribution in [0, 0.1) is 5.41 Å². The molecule has 0 saturated carbocycles. The summed E-state index contributed by atoms with van der Waals surface area (Å²) < 4.78 is 5.31. The van der Waals surface area contributed by atoms with Crippen LogP contribution >= 0.6 is 23.4 Å². The van der Waals surface area contributed by atoms with Gasteiger partial charge in [-0.05, 0) is 18.9 Å². The van der Waals surface area contributed by atoms with E-state index in [0.717, 1.165) is 31.1 Å². The lowest BCUT2D eigenvalue weighted by molar-refractivity contribution is 0.1000. The smallest absolute Gasteiger partial charge is 0.124 e. The van der Waals surface area contributed by atoms with Gasteiger partial charge in [0, 0.05) is 30.2 Å². The van der Waals surface area contributed by atoms with Crippen molar-refractivity contribution in [3.05, 3.63) is 22.8 Å². The first kappa shape index (κ1) is 12.7. The van der Waals surface area contributed by atoms with Crippen molar-refractivity contribution in [2.75, 3.05) is 13.2 Å². The molecule has 1 aromatic heterocycles. The molecule has 1 aromatic rings. The molecule has 0 atom stereocenters. The Morgan fingerprint density at radius 1 is 1.53 bits per heavy atom. The van der Waals surface area contributed by atoms with Gasteiger partial charge in [0.2, 0.25) is 0 Å². The molecule has 1 fully saturated rings. The minimum absolute atomic E-state index is 0.0220. The average Bonchev–Trinajstić information content (AvgIpc) is 2.33. The lowest BCUT2D eigenvalue weighted by atomic mass is 10.2. The summed E-state index contributed by atoms with van der Waals surface area (Å²) in [7, 11) is 0. The number of thioether (sulfide) groups is 1. The number of hydrogen-bond donors (Lipinski definition) is 2. The fourth-order valence-electron chi connectivity index (χ4n) is 1.67. The summed E-state index contributed by atoms with van der Waals surface area (Å²) in [6.45, 7) is 1.59. The maximum atomic E-state index is 7.43. The van der Waals surface area contributed by atoms with Crippen molar-refractivity contribution in [3.8, 4) is 0 Å². The van der Waals surface area contributed by atoms with Gasteiger partial charge in [-0.15, -0.1) is 11.8 Å². The van der Waals surface area contributed by atoms with E-state index in [1.165, 1.54) is 0 Å². The fourth-order valence-corrected chi connectivity index (χ4v) is 3.09. The number of nitrogens with one attached hydrogen (secondary N) is 1. The second kappa shape index (κ2) is 5.71. The van der Waals surface area contributed by atoms with Crippen LogP contribution in [-0.2, 0) is 4.74 Å². The highest BCUT2D eigenvalue weighted by Gasteiger charge is 2.18. The molecule has 0 radical (unpaired) electrons. The highest BCUT2D eigenvalue weighted by molar-refractivity contribution is 8.00. The number of pyridine rings is 1. The Balaban J connectivity index is 2.15. The van der Waals surface area contributed by atoms with E-state index < -0.39 is 0 Å². The second-order valence-corrected chi connectivity index (χ2v) is 5.49. The molecule has 2 heterocycles. The molecule has 0 aliphatic carbocycles. The Morgan fingerprint density at radius 2 is 2.24 bits per heavy atom. The monoisotopic (exact) mass is 271 g/mol. The van der Waals surface area contributed by atoms with Crippen molar-refractivity contribution in [2.45, 2.75) is 23.1 Å². The van der Waals surface area contributed by atoms with Gasteiger partial charge in [-0.3, -0.25) is 5.41 Å². The predicted molar refractivity (Wildman–Crippen MR) is 70.0 cm³/mol. The Bertz CT molecular complexity index is 421. The average molecular weight is 272 g/mol. The van der Waals surface area contributed by atoms with Crippen molar-refractivity contribution in [1.29, 1.82) is 5.41 Å². The van der Waals surface area contributed by atoms with Crippen molar-refractivity contribution >= 4 is 29.2 Å². The SMILES string of the molecule is N=C(N)c1ccnc(SC2CCOCC2)c1Cl. The molecule has 1 aliphatic heterocycles. The number of halogens is 1. The van der Waals surface area contributed by atoms with Gasteiger partial charge in [0.1, 0.15) is 10.9 Å². The third-order valence-corrected chi connectivity index (χ3v) is 4.43. The fraction of sp³-hybridized carbons (Fsp3) is 0.455. The summed E-state index contributed by atoms with van der Waals surface area (Å²) in [6.07, 6.45) is 3.66. The molecule has 17 heavy (non-hydrogen) atoms. The van der Waals surface area contributed by atoms with Gasteiger partial charge in [0.05, 0.1) is 5.02 Å². The standard InChI is InChI=1S/C11H14ClN3OS/c12-9-8(10(13)14)1-4-15-11(9)17-7-2-5-16-6-3-7/h1,4,7H,2-3,5-6H2,(H3,13,14). The largest absolute Gasteiger partial charge is 0.384 e. The van der Waals surface area contributed by atoms with Crippen LogP contribution in [0.1, 0.15) is 18.4 Å². The van der Waals surface area contributed by atoms with Gasteiger partial charge in [0.15, 0.2) is 0 Å². The zero-order valence-corrected chi connectivity index (χ0v) is 10.9. The lowest BCUT2D eigenvalue weighted by Gasteiger charge is -2.21. The molecule has 3 N–H and O–H groups in total. The Hall–Kier alpha value is -0.780. The van der Waals surface area contributed by atoms with E-state index in [1.54, 1.807) is 24.0 Å². The molecule has 1 saturated heterocycles. The first-order valence-electron chi connectivity index (χ1n) is 5.42. The normalized spacial score (nSPS) is 17.0. The molecular formula is C11H14ClN3OS. The molecule has 0 spiro atoms. The van der Waals surface area contributed by atoms with Crippen LogP contribution in [-0.4, -0.2) is 29.3 Å². The number of rotatable bonds is 3. The highest BCUT2D eigenvalue weighted by Crippen LogP contribution is 2.34. The lowest BCUT2D eigenvalue weighted by Crippen LogP contribution is -2.18. The Kier molecular flexibility index (Phi) is 4.25. The summed E-state index contributed by atoms with van der Waals surface area (Å²) in [6, 6.07) is 1.67. The minimum Gasteiger partial charge on any atom is -0.384 e. The van der Waals surface area contributed by atoms with Gasteiger partial charge in [-0.1, -0.05) is 11.6 Å². The zero-order valence-electron chi connectivity index (χ0n) is 9.28. The van der Waals surface area contributed by atoms with E-state index in [0.29, 0.717) is 15.8 Å². The third-order valence-electron chi connectivity index (χ3n) is 2.59. The summed E-state index contributed by atoms with van der Waals surface area (Å²) >= 11 is 7.84. The second-order valence-electron chi connectivity index (χ2n) is 3.82. The number of nitrogens with zero attached hydrogens (tertiary/aromatic N) is 1. The van der Waals surface area contributed by atoms with Crippen molar-refractivity contribution in [1.82, 2.24) is 4.98 Å². The number of amidine groups is 1. The Morgan fingerprint density at radius 3 is 2.88 bits per heavy atom. The van der Waals surface area contributed by atoms with Crippen LogP contribution in [0.4, 0.5) is 0 Å². The van der Waals surface area contributed by atoms with E-state index in [9.17, 15) is 0 Å². The number of nitrogen functional groups attached to an aromatic ring is 1. The van der Waals surface area contributed by atoms with Crippen molar-refractivity contribution in [2.24, 2.45) is 5.73 Å². The number of aromatic nitrogens is 1. The summed E-state index contributed by atoms with van der Waals surface area (Å²) in [4.78, 5) is 4.25. The van der Waals surface area contributed by atoms with Crippen LogP contribution < -0.4 is 5.73 Å². The van der Waals surface area contributed by atoms with Crippen LogP contribution in [0.15, 0.2) is 17.3 Å². The molecular weight excluding hydrogens is 258 g/mol. The number of hydrogen-bond acceptors (Lipinski definition) is 4. The summed E-state index contributed by atoms with van der Waals surface area (Å²) in [5.41, 5.74) is 6.01. The zero-order chi connectivity index (χ0) is 12.3. The molecule has 0 amide bonds. The van der Waals surface area contributed by atoms with E-state index in [2.05, 4.69) is 4.98 Å². The third kappa shape index (κ3) is 3.12. The van der Waals surface area contributed by atoms with Crippen LogP contribution in [0.25, 0.3) is 0 Å². The highest BCUT2D eigenvalue weighted by atomic mass is 35.5. The topological polar surface area (TPSA) is 72.0 Å². The molecule has 0 unspecified atom stereocenters. The van der Waals surface area contributed by atoms with Crippen molar-refractivity contribution < 1.29 is 4.74 Å². The molecule has 92 valence electrons. The molecule has 0 aromatic carbocycles. The van der Waals surface area contributed by atoms with Crippen LogP contribution in [0.2, 0.25) is 5.02 Å². The van der Waals surface area contributed by atoms with Gasteiger partial charge >= 0.3 is 0 Å². The molecule has 4 nitrogen and oxygen atoms in total. The summed E-state index contributed by atoms with van der Waals surface area (Å²) in [5, 5.41) is 9.15. The van der Waals surface area contributed by atoms with Crippen LogP contribution in [0.3, 0.4) is 0 Å². The summed E-state index contributed by atoms with van der Waals surface area (Å²) in [5.74, 6) is -0.0220. The Labute approximate surface area is 109 Å². The van der Waals surface area contributed by atoms with Gasteiger partial charge < -0.3 is 10.5 Å². The van der Waals surface area contributed by atoms with Gasteiger partial charge in [-0.2, -0.15) is 0 Å². The van der Waals surface area contributed by atoms with Gasteiger partial charge in [-0.25, -0.2) is 4.98 Å². The first-order chi connectivity index (χ1) is 8.18. The maximum absolute atomic E-state index is 7.43. The minimum atomic E-state index is -0.0220. The molecule has 6 heteroatoms. The van der Waals surface area contributed by atoms with Gasteiger partial charge in [0.25, 0.3) is 0 Å². The van der Waals surface area contributed by atoms with Crippen molar-refractivity contribution in [3.63, 3.8) is 0 Å². The quantitative estimate of drug-likeness (QED) is 0.654. The van der Waals surface area contributed by atoms with E-state index >= 15 is 0 Å². The number of nitrogens with two attached hydrogens (primary N) is 1. The first-order valence-corrected chi connectivity index (χ1v) is 6.67. The maximum Gasteiger partial charge on any atom is 0.124 e. The van der Waals surface area contributed by atoms with E-state index in [1.807, 2.05) is 0 Å². The number of ether oxygens (including phenoxy) is 1. The van der Waals surface area contributed by atoms with E-state index in [-0.39, 0.29) is 5.84 Å². The van der Waals surface area contributed by atoms with E-state index in [4.69, 9.17) is 27.5 Å². The molecule has 0 bridgehead atoms. The predicted octanol–water partition coefficient (Wildman–Crippen LogP) is 2.29.